The molecule has 1 heterocycles. The molecule has 1 aliphatic heterocycles. The third-order valence-electron chi connectivity index (χ3n) is 3.29. The summed E-state index contributed by atoms with van der Waals surface area (Å²) in [6.07, 6.45) is -5.22. The molecule has 1 aliphatic rings. The Morgan fingerprint density at radius 1 is 1.38 bits per heavy atom. The summed E-state index contributed by atoms with van der Waals surface area (Å²) in [5.41, 5.74) is 0.193. The van der Waals surface area contributed by atoms with Gasteiger partial charge >= 0.3 is 6.18 Å². The van der Waals surface area contributed by atoms with Gasteiger partial charge in [-0.3, -0.25) is 0 Å². The molecule has 0 radical (unpaired) electrons. The number of ether oxygens (including phenoxy) is 2. The van der Waals surface area contributed by atoms with Gasteiger partial charge in [-0.25, -0.2) is 0 Å². The molecule has 0 spiro atoms. The zero-order valence-corrected chi connectivity index (χ0v) is 12.0. The lowest BCUT2D eigenvalue weighted by atomic mass is 9.92. The van der Waals surface area contributed by atoms with Crippen molar-refractivity contribution in [3.8, 4) is 11.5 Å². The third-order valence-corrected chi connectivity index (χ3v) is 3.29. The van der Waals surface area contributed by atoms with Gasteiger partial charge in [0.15, 0.2) is 0 Å². The maximum atomic E-state index is 12.0. The van der Waals surface area contributed by atoms with E-state index in [0.29, 0.717) is 23.5 Å². The average Bonchev–Trinajstić information content (AvgIpc) is 2.31. The first-order chi connectivity index (χ1) is 9.66. The van der Waals surface area contributed by atoms with Gasteiger partial charge in [-0.2, -0.15) is 13.2 Å². The molecule has 1 atom stereocenters. The van der Waals surface area contributed by atoms with E-state index >= 15 is 0 Å². The van der Waals surface area contributed by atoms with E-state index in [2.05, 4.69) is 0 Å². The van der Waals surface area contributed by atoms with Gasteiger partial charge in [-0.05, 0) is 32.4 Å². The molecular formula is C15H19F3O3. The maximum absolute atomic E-state index is 12.0. The van der Waals surface area contributed by atoms with Crippen LogP contribution < -0.4 is 9.47 Å². The van der Waals surface area contributed by atoms with Crippen LogP contribution in [0.3, 0.4) is 0 Å². The van der Waals surface area contributed by atoms with E-state index in [1.807, 2.05) is 13.8 Å². The first kappa shape index (κ1) is 15.9. The average molecular weight is 304 g/mol. The predicted octanol–water partition coefficient (Wildman–Crippen LogP) is 4.00. The molecule has 1 aromatic carbocycles. The molecule has 0 saturated heterocycles. The molecule has 3 nitrogen and oxygen atoms in total. The lowest BCUT2D eigenvalue weighted by Crippen LogP contribution is -2.34. The summed E-state index contributed by atoms with van der Waals surface area (Å²) in [6.45, 7) is 3.73. The SMILES string of the molecule is CC1(C)CC(O)c2ccc(OCCCC(F)(F)F)cc2O1. The highest BCUT2D eigenvalue weighted by atomic mass is 19.4. The molecule has 0 bridgehead atoms. The van der Waals surface area contributed by atoms with Gasteiger partial charge in [-0.15, -0.1) is 0 Å². The molecule has 0 aromatic heterocycles. The zero-order chi connectivity index (χ0) is 15.7. The van der Waals surface area contributed by atoms with E-state index in [9.17, 15) is 18.3 Å². The number of alkyl halides is 3. The minimum absolute atomic E-state index is 0.00968. The lowest BCUT2D eigenvalue weighted by Gasteiger charge is -2.35. The van der Waals surface area contributed by atoms with Crippen LogP contribution in [-0.2, 0) is 0 Å². The molecule has 118 valence electrons. The summed E-state index contributed by atoms with van der Waals surface area (Å²) in [5, 5.41) is 10.0. The summed E-state index contributed by atoms with van der Waals surface area (Å²) in [7, 11) is 0. The Labute approximate surface area is 121 Å². The minimum Gasteiger partial charge on any atom is -0.493 e. The van der Waals surface area contributed by atoms with Gasteiger partial charge < -0.3 is 14.6 Å². The topological polar surface area (TPSA) is 38.7 Å². The highest BCUT2D eigenvalue weighted by Gasteiger charge is 2.32. The predicted molar refractivity (Wildman–Crippen MR) is 71.5 cm³/mol. The summed E-state index contributed by atoms with van der Waals surface area (Å²) < 4.78 is 47.2. The summed E-state index contributed by atoms with van der Waals surface area (Å²) in [5.74, 6) is 0.966. The fraction of sp³-hybridized carbons (Fsp3) is 0.600. The monoisotopic (exact) mass is 304 g/mol. The Bertz CT molecular complexity index is 497. The van der Waals surface area contributed by atoms with Crippen molar-refractivity contribution in [1.29, 1.82) is 0 Å². The molecule has 1 N–H and O–H groups in total. The van der Waals surface area contributed by atoms with Crippen LogP contribution in [0.1, 0.15) is 44.8 Å². The smallest absolute Gasteiger partial charge is 0.389 e. The summed E-state index contributed by atoms with van der Waals surface area (Å²) in [4.78, 5) is 0. The number of fused-ring (bicyclic) bond motifs is 1. The van der Waals surface area contributed by atoms with Crippen molar-refractivity contribution in [1.82, 2.24) is 0 Å². The Kier molecular flexibility index (Phi) is 4.37. The fourth-order valence-electron chi connectivity index (χ4n) is 2.35. The number of benzene rings is 1. The lowest BCUT2D eigenvalue weighted by molar-refractivity contribution is -0.136. The van der Waals surface area contributed by atoms with Crippen LogP contribution in [0.2, 0.25) is 0 Å². The molecule has 6 heteroatoms. The number of hydrogen-bond donors (Lipinski definition) is 1. The summed E-state index contributed by atoms with van der Waals surface area (Å²) in [6, 6.07) is 4.94. The number of aliphatic hydroxyl groups excluding tert-OH is 1. The van der Waals surface area contributed by atoms with Crippen LogP contribution in [0, 0.1) is 0 Å². The van der Waals surface area contributed by atoms with Crippen LogP contribution in [-0.4, -0.2) is 23.5 Å². The van der Waals surface area contributed by atoms with Crippen LogP contribution in [0.25, 0.3) is 0 Å². The Morgan fingerprint density at radius 2 is 2.10 bits per heavy atom. The summed E-state index contributed by atoms with van der Waals surface area (Å²) >= 11 is 0. The second-order valence-electron chi connectivity index (χ2n) is 5.85. The van der Waals surface area contributed by atoms with Gasteiger partial charge in [0.1, 0.15) is 17.1 Å². The standard InChI is InChI=1S/C15H19F3O3/c1-14(2)9-12(19)11-5-4-10(8-13(11)21-14)20-7-3-6-15(16,17)18/h4-5,8,12,19H,3,6-7,9H2,1-2H3. The van der Waals surface area contributed by atoms with E-state index in [-0.39, 0.29) is 13.0 Å². The zero-order valence-electron chi connectivity index (χ0n) is 12.0. The van der Waals surface area contributed by atoms with Crippen LogP contribution in [0.4, 0.5) is 13.2 Å². The quantitative estimate of drug-likeness (QED) is 0.854. The van der Waals surface area contributed by atoms with E-state index in [4.69, 9.17) is 9.47 Å². The van der Waals surface area contributed by atoms with E-state index in [0.717, 1.165) is 0 Å². The molecule has 21 heavy (non-hydrogen) atoms. The largest absolute Gasteiger partial charge is 0.493 e. The number of halogens is 3. The van der Waals surface area contributed by atoms with E-state index in [1.165, 1.54) is 0 Å². The van der Waals surface area contributed by atoms with Crippen molar-refractivity contribution < 1.29 is 27.8 Å². The van der Waals surface area contributed by atoms with Gasteiger partial charge in [0.25, 0.3) is 0 Å². The van der Waals surface area contributed by atoms with Gasteiger partial charge in [0.2, 0.25) is 0 Å². The molecule has 1 unspecified atom stereocenters. The Balaban J connectivity index is 1.98. The molecule has 0 saturated carbocycles. The highest BCUT2D eigenvalue weighted by Crippen LogP contribution is 2.41. The third kappa shape index (κ3) is 4.52. The molecule has 2 rings (SSSR count). The van der Waals surface area contributed by atoms with E-state index in [1.54, 1.807) is 18.2 Å². The molecular weight excluding hydrogens is 285 g/mol. The second-order valence-corrected chi connectivity index (χ2v) is 5.85. The van der Waals surface area contributed by atoms with Gasteiger partial charge in [0, 0.05) is 24.5 Å². The van der Waals surface area contributed by atoms with Crippen LogP contribution >= 0.6 is 0 Å². The molecule has 0 fully saturated rings. The number of rotatable bonds is 4. The van der Waals surface area contributed by atoms with Gasteiger partial charge in [0.05, 0.1) is 12.7 Å². The van der Waals surface area contributed by atoms with Crippen molar-refractivity contribution in [3.63, 3.8) is 0 Å². The maximum Gasteiger partial charge on any atom is 0.389 e. The van der Waals surface area contributed by atoms with Crippen molar-refractivity contribution in [3.05, 3.63) is 23.8 Å². The van der Waals surface area contributed by atoms with Crippen molar-refractivity contribution in [2.24, 2.45) is 0 Å². The number of hydrogen-bond acceptors (Lipinski definition) is 3. The van der Waals surface area contributed by atoms with Crippen molar-refractivity contribution in [2.45, 2.75) is 51.0 Å². The normalized spacial score (nSPS) is 20.6. The van der Waals surface area contributed by atoms with Crippen molar-refractivity contribution in [2.75, 3.05) is 6.61 Å². The highest BCUT2D eigenvalue weighted by molar-refractivity contribution is 5.43. The molecule has 0 amide bonds. The van der Waals surface area contributed by atoms with Crippen LogP contribution in [0.15, 0.2) is 18.2 Å². The number of aliphatic hydroxyl groups is 1. The molecule has 1 aromatic rings. The van der Waals surface area contributed by atoms with Crippen molar-refractivity contribution >= 4 is 0 Å². The van der Waals surface area contributed by atoms with E-state index < -0.39 is 24.3 Å². The Morgan fingerprint density at radius 3 is 2.76 bits per heavy atom. The first-order valence-corrected chi connectivity index (χ1v) is 6.87. The fourth-order valence-corrected chi connectivity index (χ4v) is 2.35. The first-order valence-electron chi connectivity index (χ1n) is 6.87. The van der Waals surface area contributed by atoms with Gasteiger partial charge in [-0.1, -0.05) is 0 Å². The molecule has 0 aliphatic carbocycles. The Hall–Kier alpha value is -1.43. The second kappa shape index (κ2) is 5.75. The minimum atomic E-state index is -4.16. The van der Waals surface area contributed by atoms with Crippen LogP contribution in [0.5, 0.6) is 11.5 Å².